The summed E-state index contributed by atoms with van der Waals surface area (Å²) in [6.45, 7) is 1.67. The number of carbonyl (C=O) groups is 1. The molecule has 0 aromatic heterocycles. The maximum Gasteiger partial charge on any atom is 0.310 e. The Bertz CT molecular complexity index is 462. The number of carboxylic acids is 1. The van der Waals surface area contributed by atoms with E-state index in [-0.39, 0.29) is 0 Å². The van der Waals surface area contributed by atoms with Crippen molar-refractivity contribution >= 4 is 31.9 Å². The van der Waals surface area contributed by atoms with Gasteiger partial charge in [-0.25, -0.2) is 13.6 Å². The number of rotatable bonds is 2. The lowest BCUT2D eigenvalue weighted by Gasteiger charge is -2.05. The molecule has 0 fully saturated rings. The summed E-state index contributed by atoms with van der Waals surface area (Å²) < 4.78 is 19.8. The zero-order valence-corrected chi connectivity index (χ0v) is 11.8. The van der Waals surface area contributed by atoms with Crippen molar-refractivity contribution < 1.29 is 18.3 Å². The summed E-state index contributed by atoms with van der Waals surface area (Å²) in [5, 5.41) is 13.0. The van der Waals surface area contributed by atoms with Crippen molar-refractivity contribution in [2.24, 2.45) is 5.14 Å². The minimum Gasteiger partial charge on any atom is -0.481 e. The highest BCUT2D eigenvalue weighted by atomic mass is 79.9. The van der Waals surface area contributed by atoms with Crippen molar-refractivity contribution in [3.8, 4) is 0 Å². The third-order valence-corrected chi connectivity index (χ3v) is 2.27. The molecule has 3 N–H and O–H groups in total. The van der Waals surface area contributed by atoms with Crippen LogP contribution in [-0.4, -0.2) is 25.7 Å². The van der Waals surface area contributed by atoms with E-state index in [1.165, 1.54) is 0 Å². The molecule has 0 saturated carbocycles. The first-order valence-corrected chi connectivity index (χ1v) is 7.32. The first-order valence-electron chi connectivity index (χ1n) is 4.57. The number of hydrogen-bond donors (Lipinski definition) is 2. The van der Waals surface area contributed by atoms with Gasteiger partial charge in [-0.05, 0) is 24.6 Å². The summed E-state index contributed by atoms with van der Waals surface area (Å²) in [6, 6.07) is 7.30. The van der Waals surface area contributed by atoms with Gasteiger partial charge in [-0.2, -0.15) is 0 Å². The van der Waals surface area contributed by atoms with Crippen molar-refractivity contribution in [3.63, 3.8) is 0 Å². The first-order chi connectivity index (χ1) is 7.61. The van der Waals surface area contributed by atoms with E-state index in [9.17, 15) is 13.2 Å². The molecule has 0 bridgehead atoms. The standard InChI is InChI=1S/C9H9BrO2.CH5NO2S/c1-6(9(11)12)7-2-4-8(10)5-3-7;1-5(2,3)4/h2-6H,1H3,(H,11,12);1H3,(H2,2,3,4)/t6-;/m1./s1. The van der Waals surface area contributed by atoms with Crippen molar-refractivity contribution in [1.29, 1.82) is 0 Å². The second-order valence-corrected chi connectivity index (χ2v) is 6.02. The maximum absolute atomic E-state index is 10.6. The molecular weight excluding hydrogens is 310 g/mol. The number of hydrogen-bond acceptors (Lipinski definition) is 3. The number of sulfonamides is 1. The lowest BCUT2D eigenvalue weighted by molar-refractivity contribution is -0.138. The molecule has 0 aliphatic rings. The number of aliphatic carboxylic acids is 1. The lowest BCUT2D eigenvalue weighted by Crippen LogP contribution is -2.07. The molecule has 5 nitrogen and oxygen atoms in total. The van der Waals surface area contributed by atoms with Gasteiger partial charge < -0.3 is 5.11 Å². The number of benzene rings is 1. The van der Waals surface area contributed by atoms with E-state index in [0.717, 1.165) is 16.3 Å². The highest BCUT2D eigenvalue weighted by molar-refractivity contribution is 9.10. The minimum atomic E-state index is -3.17. The summed E-state index contributed by atoms with van der Waals surface area (Å²) in [5.41, 5.74) is 0.825. The van der Waals surface area contributed by atoms with Gasteiger partial charge in [0.25, 0.3) is 0 Å². The molecule has 1 aromatic carbocycles. The maximum atomic E-state index is 10.6. The summed E-state index contributed by atoms with van der Waals surface area (Å²) in [5.74, 6) is -1.23. The second-order valence-electron chi connectivity index (χ2n) is 3.44. The van der Waals surface area contributed by atoms with Crippen LogP contribution in [0, 0.1) is 0 Å². The Kier molecular flexibility index (Phi) is 6.36. The number of carboxylic acid groups (broad SMARTS) is 1. The molecular formula is C10H14BrNO4S. The van der Waals surface area contributed by atoms with Crippen LogP contribution in [0.3, 0.4) is 0 Å². The molecule has 1 aromatic rings. The Morgan fingerprint density at radius 3 is 2.00 bits per heavy atom. The summed E-state index contributed by atoms with van der Waals surface area (Å²) >= 11 is 3.28. The largest absolute Gasteiger partial charge is 0.481 e. The van der Waals surface area contributed by atoms with Gasteiger partial charge in [0.05, 0.1) is 12.2 Å². The van der Waals surface area contributed by atoms with Crippen LogP contribution < -0.4 is 5.14 Å². The average molecular weight is 324 g/mol. The fourth-order valence-corrected chi connectivity index (χ4v) is 1.16. The van der Waals surface area contributed by atoms with Crippen LogP contribution >= 0.6 is 15.9 Å². The smallest absolute Gasteiger partial charge is 0.310 e. The Morgan fingerprint density at radius 2 is 1.71 bits per heavy atom. The van der Waals surface area contributed by atoms with Crippen LogP contribution in [0.5, 0.6) is 0 Å². The minimum absolute atomic E-state index is 0.432. The molecule has 17 heavy (non-hydrogen) atoms. The topological polar surface area (TPSA) is 97.5 Å². The Morgan fingerprint density at radius 1 is 1.35 bits per heavy atom. The van der Waals surface area contributed by atoms with Crippen LogP contribution in [-0.2, 0) is 14.8 Å². The molecule has 96 valence electrons. The van der Waals surface area contributed by atoms with Crippen LogP contribution in [0.15, 0.2) is 28.7 Å². The number of nitrogens with two attached hydrogens (primary N) is 1. The van der Waals surface area contributed by atoms with Crippen LogP contribution in [0.2, 0.25) is 0 Å². The van der Waals surface area contributed by atoms with E-state index in [4.69, 9.17) is 5.11 Å². The van der Waals surface area contributed by atoms with Crippen molar-refractivity contribution in [2.75, 3.05) is 6.26 Å². The van der Waals surface area contributed by atoms with Gasteiger partial charge in [0.15, 0.2) is 0 Å². The molecule has 1 atom stereocenters. The third kappa shape index (κ3) is 8.84. The monoisotopic (exact) mass is 323 g/mol. The van der Waals surface area contributed by atoms with Crippen LogP contribution in [0.4, 0.5) is 0 Å². The number of primary sulfonamides is 1. The fourth-order valence-electron chi connectivity index (χ4n) is 0.894. The van der Waals surface area contributed by atoms with Gasteiger partial charge in [-0.3, -0.25) is 4.79 Å². The van der Waals surface area contributed by atoms with Crippen molar-refractivity contribution in [2.45, 2.75) is 12.8 Å². The van der Waals surface area contributed by atoms with E-state index in [0.29, 0.717) is 0 Å². The molecule has 0 amide bonds. The second kappa shape index (κ2) is 6.73. The van der Waals surface area contributed by atoms with Gasteiger partial charge in [-0.1, -0.05) is 28.1 Å². The first kappa shape index (κ1) is 16.1. The van der Waals surface area contributed by atoms with Crippen LogP contribution in [0.25, 0.3) is 0 Å². The molecule has 1 rings (SSSR count). The average Bonchev–Trinajstić information content (AvgIpc) is 2.15. The summed E-state index contributed by atoms with van der Waals surface area (Å²) in [4.78, 5) is 10.6. The summed E-state index contributed by atoms with van der Waals surface area (Å²) in [6.07, 6.45) is 0.938. The molecule has 0 aliphatic heterocycles. The van der Waals surface area contributed by atoms with E-state index in [1.807, 2.05) is 24.3 Å². The molecule has 0 aliphatic carbocycles. The predicted octanol–water partition coefficient (Wildman–Crippen LogP) is 1.54. The highest BCUT2D eigenvalue weighted by Gasteiger charge is 2.12. The Labute approximate surface area is 109 Å². The van der Waals surface area contributed by atoms with E-state index in [2.05, 4.69) is 21.1 Å². The van der Waals surface area contributed by atoms with E-state index in [1.54, 1.807) is 6.92 Å². The molecule has 0 heterocycles. The Balaban J connectivity index is 0.000000437. The Hall–Kier alpha value is -0.920. The predicted molar refractivity (Wildman–Crippen MR) is 69.2 cm³/mol. The normalized spacial score (nSPS) is 12.2. The van der Waals surface area contributed by atoms with Crippen molar-refractivity contribution in [3.05, 3.63) is 34.3 Å². The van der Waals surface area contributed by atoms with E-state index < -0.39 is 21.9 Å². The molecule has 0 spiro atoms. The SMILES string of the molecule is CS(N)(=O)=O.C[C@@H](C(=O)O)c1ccc(Br)cc1. The molecule has 0 unspecified atom stereocenters. The molecule has 0 saturated heterocycles. The summed E-state index contributed by atoms with van der Waals surface area (Å²) in [7, 11) is -3.17. The third-order valence-electron chi connectivity index (χ3n) is 1.74. The van der Waals surface area contributed by atoms with Gasteiger partial charge in [0, 0.05) is 4.47 Å². The lowest BCUT2D eigenvalue weighted by atomic mass is 10.0. The zero-order valence-electron chi connectivity index (χ0n) is 9.42. The van der Waals surface area contributed by atoms with Crippen molar-refractivity contribution in [1.82, 2.24) is 0 Å². The number of halogens is 1. The zero-order chi connectivity index (χ0) is 13.6. The van der Waals surface area contributed by atoms with Crippen LogP contribution in [0.1, 0.15) is 18.4 Å². The van der Waals surface area contributed by atoms with Gasteiger partial charge in [0.2, 0.25) is 10.0 Å². The van der Waals surface area contributed by atoms with Gasteiger partial charge in [0.1, 0.15) is 0 Å². The van der Waals surface area contributed by atoms with Gasteiger partial charge >= 0.3 is 5.97 Å². The molecule has 0 radical (unpaired) electrons. The fraction of sp³-hybridized carbons (Fsp3) is 0.300. The highest BCUT2D eigenvalue weighted by Crippen LogP contribution is 2.18. The quantitative estimate of drug-likeness (QED) is 0.862. The molecule has 7 heteroatoms. The van der Waals surface area contributed by atoms with Gasteiger partial charge in [-0.15, -0.1) is 0 Å². The van der Waals surface area contributed by atoms with E-state index >= 15 is 0 Å².